The predicted octanol–water partition coefficient (Wildman–Crippen LogP) is 3.64. The number of hydrogen-bond donors (Lipinski definition) is 2. The van der Waals surface area contributed by atoms with Crippen LogP contribution in [0.15, 0.2) is 4.79 Å². The Bertz CT molecular complexity index is 795. The molecule has 0 saturated heterocycles. The lowest BCUT2D eigenvalue weighted by Gasteiger charge is -2.08. The van der Waals surface area contributed by atoms with Crippen molar-refractivity contribution in [2.45, 2.75) is 59.3 Å². The van der Waals surface area contributed by atoms with Gasteiger partial charge in [-0.1, -0.05) is 20.3 Å². The van der Waals surface area contributed by atoms with Crippen molar-refractivity contribution in [3.8, 4) is 0 Å². The second-order valence-corrected chi connectivity index (χ2v) is 8.95. The molecule has 0 spiro atoms. The summed E-state index contributed by atoms with van der Waals surface area (Å²) in [5.41, 5.74) is 1.08. The Kier molecular flexibility index (Phi) is 7.07. The van der Waals surface area contributed by atoms with Crippen molar-refractivity contribution in [1.29, 1.82) is 0 Å². The van der Waals surface area contributed by atoms with Gasteiger partial charge in [0, 0.05) is 10.9 Å². The van der Waals surface area contributed by atoms with E-state index in [2.05, 4.69) is 36.1 Å². The van der Waals surface area contributed by atoms with E-state index in [1.807, 2.05) is 13.8 Å². The maximum atomic E-state index is 12.6. The Labute approximate surface area is 157 Å². The summed E-state index contributed by atoms with van der Waals surface area (Å²) in [6.45, 7) is 10.3. The maximum Gasteiger partial charge on any atom is 0.259 e. The van der Waals surface area contributed by atoms with E-state index in [1.165, 1.54) is 16.6 Å². The van der Waals surface area contributed by atoms with E-state index >= 15 is 0 Å². The van der Waals surface area contributed by atoms with E-state index in [0.717, 1.165) is 28.6 Å². The van der Waals surface area contributed by atoms with Gasteiger partial charge in [-0.25, -0.2) is 4.98 Å². The first kappa shape index (κ1) is 20.0. The molecule has 2 aromatic rings. The predicted molar refractivity (Wildman–Crippen MR) is 108 cm³/mol. The fourth-order valence-electron chi connectivity index (χ4n) is 2.63. The normalized spacial score (nSPS) is 12.7. The SMILES string of the molecule is CC[C@@H](C)Cc1c(C)sc2nc(CSCC(=O)NC(C)C)[nH]c(=O)c12. The van der Waals surface area contributed by atoms with Gasteiger partial charge in [-0.05, 0) is 38.7 Å². The molecule has 0 aliphatic carbocycles. The molecule has 0 aliphatic heterocycles. The molecule has 1 amide bonds. The van der Waals surface area contributed by atoms with Crippen molar-refractivity contribution >= 4 is 39.2 Å². The Morgan fingerprint density at radius 1 is 1.36 bits per heavy atom. The number of H-pyrrole nitrogens is 1. The van der Waals surface area contributed by atoms with Crippen LogP contribution >= 0.6 is 23.1 Å². The highest BCUT2D eigenvalue weighted by Crippen LogP contribution is 2.29. The van der Waals surface area contributed by atoms with Crippen LogP contribution in [0.4, 0.5) is 0 Å². The van der Waals surface area contributed by atoms with Crippen LogP contribution in [0, 0.1) is 12.8 Å². The number of amides is 1. The topological polar surface area (TPSA) is 74.8 Å². The number of nitrogens with zero attached hydrogens (tertiary/aromatic N) is 1. The van der Waals surface area contributed by atoms with Gasteiger partial charge in [-0.15, -0.1) is 23.1 Å². The first-order chi connectivity index (χ1) is 11.8. The van der Waals surface area contributed by atoms with Crippen molar-refractivity contribution in [2.24, 2.45) is 5.92 Å². The summed E-state index contributed by atoms with van der Waals surface area (Å²) in [7, 11) is 0. The molecular weight excluding hydrogens is 354 g/mol. The van der Waals surface area contributed by atoms with Crippen molar-refractivity contribution in [2.75, 3.05) is 5.75 Å². The second kappa shape index (κ2) is 8.85. The highest BCUT2D eigenvalue weighted by Gasteiger charge is 2.17. The summed E-state index contributed by atoms with van der Waals surface area (Å²) in [5.74, 6) is 2.07. The molecule has 25 heavy (non-hydrogen) atoms. The number of fused-ring (bicyclic) bond motifs is 1. The molecule has 138 valence electrons. The quantitative estimate of drug-likeness (QED) is 0.732. The summed E-state index contributed by atoms with van der Waals surface area (Å²) >= 11 is 3.05. The van der Waals surface area contributed by atoms with E-state index in [1.54, 1.807) is 11.3 Å². The number of aromatic amines is 1. The molecule has 2 rings (SSSR count). The Morgan fingerprint density at radius 2 is 2.08 bits per heavy atom. The maximum absolute atomic E-state index is 12.6. The molecule has 2 heterocycles. The molecular formula is C18H27N3O2S2. The van der Waals surface area contributed by atoms with Crippen LogP contribution in [0.1, 0.15) is 50.4 Å². The number of thioether (sulfide) groups is 1. The molecule has 0 fully saturated rings. The van der Waals surface area contributed by atoms with Gasteiger partial charge in [-0.2, -0.15) is 0 Å². The molecule has 0 bridgehead atoms. The highest BCUT2D eigenvalue weighted by atomic mass is 32.2. The second-order valence-electron chi connectivity index (χ2n) is 6.76. The minimum atomic E-state index is -0.0603. The standard InChI is InChI=1S/C18H27N3O2S2/c1-6-11(4)7-13-12(5)25-18-16(13)17(23)20-14(21-18)8-24-9-15(22)19-10(2)3/h10-11H,6-9H2,1-5H3,(H,19,22)(H,20,21,23)/t11-/m1/s1. The van der Waals surface area contributed by atoms with Crippen LogP contribution in [0.5, 0.6) is 0 Å². The van der Waals surface area contributed by atoms with Crippen LogP contribution in [0.2, 0.25) is 0 Å². The third-order valence-electron chi connectivity index (χ3n) is 4.08. The number of rotatable bonds is 8. The Morgan fingerprint density at radius 3 is 2.72 bits per heavy atom. The zero-order valence-corrected chi connectivity index (χ0v) is 17.2. The van der Waals surface area contributed by atoms with Gasteiger partial charge in [0.1, 0.15) is 10.7 Å². The molecule has 5 nitrogen and oxygen atoms in total. The molecule has 2 N–H and O–H groups in total. The Balaban J connectivity index is 2.14. The first-order valence-electron chi connectivity index (χ1n) is 8.70. The third-order valence-corrected chi connectivity index (χ3v) is 6.07. The van der Waals surface area contributed by atoms with E-state index in [0.29, 0.717) is 23.2 Å². The van der Waals surface area contributed by atoms with Crippen LogP contribution in [0.3, 0.4) is 0 Å². The average Bonchev–Trinajstić information content (AvgIpc) is 2.82. The van der Waals surface area contributed by atoms with Gasteiger partial charge in [-0.3, -0.25) is 9.59 Å². The molecule has 0 aliphatic rings. The third kappa shape index (κ3) is 5.31. The number of carbonyl (C=O) groups is 1. The molecule has 2 aromatic heterocycles. The lowest BCUT2D eigenvalue weighted by molar-refractivity contribution is -0.119. The van der Waals surface area contributed by atoms with Crippen molar-refractivity contribution in [1.82, 2.24) is 15.3 Å². The summed E-state index contributed by atoms with van der Waals surface area (Å²) < 4.78 is 0. The molecule has 1 atom stereocenters. The zero-order chi connectivity index (χ0) is 18.6. The monoisotopic (exact) mass is 381 g/mol. The van der Waals surface area contributed by atoms with Crippen LogP contribution in [-0.2, 0) is 17.0 Å². The highest BCUT2D eigenvalue weighted by molar-refractivity contribution is 7.99. The van der Waals surface area contributed by atoms with E-state index in [4.69, 9.17) is 0 Å². The van der Waals surface area contributed by atoms with E-state index in [9.17, 15) is 9.59 Å². The van der Waals surface area contributed by atoms with Gasteiger partial charge in [0.2, 0.25) is 5.91 Å². The van der Waals surface area contributed by atoms with Crippen LogP contribution in [0.25, 0.3) is 10.2 Å². The number of hydrogen-bond acceptors (Lipinski definition) is 5. The van der Waals surface area contributed by atoms with Gasteiger partial charge in [0.25, 0.3) is 5.56 Å². The summed E-state index contributed by atoms with van der Waals surface area (Å²) in [6.07, 6.45) is 2.01. The number of nitrogens with one attached hydrogen (secondary N) is 2. The first-order valence-corrected chi connectivity index (χ1v) is 10.7. The lowest BCUT2D eigenvalue weighted by Crippen LogP contribution is -2.31. The van der Waals surface area contributed by atoms with E-state index in [-0.39, 0.29) is 17.5 Å². The molecule has 0 aromatic carbocycles. The summed E-state index contributed by atoms with van der Waals surface area (Å²) in [6, 6.07) is 0.139. The van der Waals surface area contributed by atoms with Gasteiger partial charge < -0.3 is 10.3 Å². The van der Waals surface area contributed by atoms with Crippen LogP contribution < -0.4 is 10.9 Å². The number of carbonyl (C=O) groups excluding carboxylic acids is 1. The van der Waals surface area contributed by atoms with Crippen molar-refractivity contribution in [3.63, 3.8) is 0 Å². The van der Waals surface area contributed by atoms with Gasteiger partial charge >= 0.3 is 0 Å². The average molecular weight is 382 g/mol. The van der Waals surface area contributed by atoms with Gasteiger partial charge in [0.15, 0.2) is 0 Å². The molecule has 0 radical (unpaired) electrons. The molecule has 7 heteroatoms. The van der Waals surface area contributed by atoms with Gasteiger partial charge in [0.05, 0.1) is 16.9 Å². The minimum Gasteiger partial charge on any atom is -0.353 e. The van der Waals surface area contributed by atoms with E-state index < -0.39 is 0 Å². The fourth-order valence-corrected chi connectivity index (χ4v) is 4.40. The number of aromatic nitrogens is 2. The minimum absolute atomic E-state index is 0.00577. The molecule has 0 saturated carbocycles. The van der Waals surface area contributed by atoms with Crippen molar-refractivity contribution < 1.29 is 4.79 Å². The zero-order valence-electron chi connectivity index (χ0n) is 15.6. The van der Waals surface area contributed by atoms with Crippen molar-refractivity contribution in [3.05, 3.63) is 26.6 Å². The number of aryl methyl sites for hydroxylation is 1. The molecule has 0 unspecified atom stereocenters. The number of thiophene rings is 1. The summed E-state index contributed by atoms with van der Waals surface area (Å²) in [5, 5.41) is 3.60. The lowest BCUT2D eigenvalue weighted by atomic mass is 9.98. The van der Waals surface area contributed by atoms with Crippen LogP contribution in [-0.4, -0.2) is 27.7 Å². The summed E-state index contributed by atoms with van der Waals surface area (Å²) in [4.78, 5) is 33.7. The fraction of sp³-hybridized carbons (Fsp3) is 0.611. The largest absolute Gasteiger partial charge is 0.353 e. The smallest absolute Gasteiger partial charge is 0.259 e. The Hall–Kier alpha value is -1.34.